The smallest absolute Gasteiger partial charge is 0.343 e. The van der Waals surface area contributed by atoms with Crippen molar-refractivity contribution >= 4 is 17.8 Å². The van der Waals surface area contributed by atoms with Crippen LogP contribution in [0.4, 0.5) is 0 Å². The Kier molecular flexibility index (Phi) is 8.00. The molecule has 5 atom stereocenters. The molecule has 9 heteroatoms. The fourth-order valence-corrected chi connectivity index (χ4v) is 3.69. The number of carbonyl (C=O) groups excluding carboxylic acids is 2. The van der Waals surface area contributed by atoms with Crippen molar-refractivity contribution in [3.05, 3.63) is 95.6 Å². The van der Waals surface area contributed by atoms with Crippen molar-refractivity contribution in [1.29, 1.82) is 0 Å². The highest BCUT2D eigenvalue weighted by molar-refractivity contribution is 6.08. The lowest BCUT2D eigenvalue weighted by atomic mass is 10.00. The summed E-state index contributed by atoms with van der Waals surface area (Å²) in [7, 11) is 0. The molecule has 1 aliphatic heterocycles. The van der Waals surface area contributed by atoms with Gasteiger partial charge in [-0.05, 0) is 55.0 Å². The molecule has 0 aliphatic carbocycles. The molecule has 0 spiro atoms. The van der Waals surface area contributed by atoms with E-state index in [1.54, 1.807) is 60.7 Å². The normalized spacial score (nSPS) is 23.5. The third kappa shape index (κ3) is 6.22. The molecule has 3 aromatic rings. The van der Waals surface area contributed by atoms with Gasteiger partial charge in [0.2, 0.25) is 6.29 Å². The Bertz CT molecular complexity index is 1270. The van der Waals surface area contributed by atoms with Gasteiger partial charge in [0.1, 0.15) is 35.6 Å². The first kappa shape index (κ1) is 26.1. The second kappa shape index (κ2) is 11.4. The number of ether oxygens (including phenoxy) is 3. The minimum Gasteiger partial charge on any atom is -0.507 e. The summed E-state index contributed by atoms with van der Waals surface area (Å²) in [5.74, 6) is -0.846. The largest absolute Gasteiger partial charge is 0.507 e. The number of rotatable bonds is 7. The van der Waals surface area contributed by atoms with Gasteiger partial charge in [0.05, 0.1) is 17.2 Å². The predicted octanol–water partition coefficient (Wildman–Crippen LogP) is 2.71. The van der Waals surface area contributed by atoms with Crippen molar-refractivity contribution < 1.29 is 44.2 Å². The topological polar surface area (TPSA) is 143 Å². The van der Waals surface area contributed by atoms with E-state index in [9.17, 15) is 30.0 Å². The van der Waals surface area contributed by atoms with E-state index < -0.39 is 42.5 Å². The summed E-state index contributed by atoms with van der Waals surface area (Å²) in [6.07, 6.45) is -3.46. The summed E-state index contributed by atoms with van der Waals surface area (Å²) < 4.78 is 16.2. The number of phenols is 1. The van der Waals surface area contributed by atoms with Crippen LogP contribution in [0, 0.1) is 0 Å². The Hall–Kier alpha value is -4.02. The molecule has 0 radical (unpaired) electrons. The highest BCUT2D eigenvalue weighted by atomic mass is 16.7. The third-order valence-electron chi connectivity index (χ3n) is 5.82. The van der Waals surface area contributed by atoms with Crippen LogP contribution in [0.15, 0.2) is 78.9 Å². The van der Waals surface area contributed by atoms with E-state index in [0.29, 0.717) is 16.9 Å². The lowest BCUT2D eigenvalue weighted by molar-refractivity contribution is -0.268. The van der Waals surface area contributed by atoms with Gasteiger partial charge in [-0.2, -0.15) is 0 Å². The molecular weight excluding hydrogens is 480 g/mol. The van der Waals surface area contributed by atoms with Crippen LogP contribution in [0.2, 0.25) is 0 Å². The van der Waals surface area contributed by atoms with Crippen LogP contribution >= 0.6 is 0 Å². The number of allylic oxidation sites excluding steroid dienone is 1. The molecule has 37 heavy (non-hydrogen) atoms. The molecule has 0 amide bonds. The molecule has 3 aromatic carbocycles. The van der Waals surface area contributed by atoms with Crippen molar-refractivity contribution in [2.24, 2.45) is 0 Å². The highest BCUT2D eigenvalue weighted by Crippen LogP contribution is 2.28. The number of esters is 1. The minimum atomic E-state index is -1.51. The van der Waals surface area contributed by atoms with Crippen LogP contribution in [0.5, 0.6) is 17.2 Å². The quantitative estimate of drug-likeness (QED) is 0.165. The van der Waals surface area contributed by atoms with Gasteiger partial charge in [-0.15, -0.1) is 0 Å². The lowest BCUT2D eigenvalue weighted by Gasteiger charge is -2.38. The van der Waals surface area contributed by atoms with Gasteiger partial charge in [0.15, 0.2) is 5.78 Å². The van der Waals surface area contributed by atoms with E-state index in [4.69, 9.17) is 14.2 Å². The van der Waals surface area contributed by atoms with E-state index in [1.165, 1.54) is 31.2 Å². The Morgan fingerprint density at radius 1 is 0.865 bits per heavy atom. The molecule has 1 fully saturated rings. The Balaban J connectivity index is 1.36. The molecule has 0 bridgehead atoms. The molecule has 1 saturated heterocycles. The molecule has 4 N–H and O–H groups in total. The highest BCUT2D eigenvalue weighted by Gasteiger charge is 2.43. The van der Waals surface area contributed by atoms with Crippen molar-refractivity contribution in [3.63, 3.8) is 0 Å². The van der Waals surface area contributed by atoms with Gasteiger partial charge in [0.25, 0.3) is 0 Å². The molecular formula is C28H26O9. The number of aliphatic hydroxyl groups is 3. The fraction of sp³-hybridized carbons (Fsp3) is 0.214. The number of aromatic hydroxyl groups is 1. The summed E-state index contributed by atoms with van der Waals surface area (Å²) in [5.41, 5.74) is 1.12. The second-order valence-electron chi connectivity index (χ2n) is 8.50. The average Bonchev–Trinajstić information content (AvgIpc) is 2.90. The Morgan fingerprint density at radius 3 is 2.22 bits per heavy atom. The monoisotopic (exact) mass is 506 g/mol. The van der Waals surface area contributed by atoms with Gasteiger partial charge in [0, 0.05) is 6.07 Å². The SMILES string of the molecule is C[C@@H]1O[C@H](Oc2ccc(C(=O)/C=C/c3ccc(OC(=O)c4ccccc4)cc3)c(O)c2)[C@@H](O)[C@H](O)[C@H]1O. The first-order valence-electron chi connectivity index (χ1n) is 11.5. The Morgan fingerprint density at radius 2 is 1.54 bits per heavy atom. The molecule has 4 rings (SSSR count). The number of phenolic OH excluding ortho intramolecular Hbond substituents is 1. The Labute approximate surface area is 212 Å². The lowest BCUT2D eigenvalue weighted by Crippen LogP contribution is -2.58. The van der Waals surface area contributed by atoms with E-state index in [0.717, 1.165) is 0 Å². The molecule has 0 unspecified atom stereocenters. The standard InChI is InChI=1S/C28H26O9/c1-16-24(31)25(32)26(33)28(35-16)37-20-12-13-21(23(30)15-20)22(29)14-9-17-7-10-19(11-8-17)36-27(34)18-5-3-2-4-6-18/h2-16,24-26,28,30-33H,1H3/b14-9+/t16-,24-,25+,26-,28+/m0/s1. The van der Waals surface area contributed by atoms with Crippen LogP contribution in [0.25, 0.3) is 6.08 Å². The van der Waals surface area contributed by atoms with Crippen LogP contribution in [0.1, 0.15) is 33.2 Å². The van der Waals surface area contributed by atoms with E-state index >= 15 is 0 Å². The summed E-state index contributed by atoms with van der Waals surface area (Å²) in [6, 6.07) is 19.1. The number of hydrogen-bond donors (Lipinski definition) is 4. The first-order chi connectivity index (χ1) is 17.7. The van der Waals surface area contributed by atoms with Gasteiger partial charge in [-0.1, -0.05) is 36.4 Å². The molecule has 1 heterocycles. The predicted molar refractivity (Wildman–Crippen MR) is 132 cm³/mol. The van der Waals surface area contributed by atoms with Crippen LogP contribution < -0.4 is 9.47 Å². The number of carbonyl (C=O) groups is 2. The van der Waals surface area contributed by atoms with E-state index in [1.807, 2.05) is 0 Å². The van der Waals surface area contributed by atoms with E-state index in [-0.39, 0.29) is 17.1 Å². The summed E-state index contributed by atoms with van der Waals surface area (Å²) in [4.78, 5) is 24.7. The molecule has 0 aromatic heterocycles. The van der Waals surface area contributed by atoms with Gasteiger partial charge in [-0.3, -0.25) is 4.79 Å². The third-order valence-corrected chi connectivity index (χ3v) is 5.82. The van der Waals surface area contributed by atoms with Gasteiger partial charge < -0.3 is 34.6 Å². The van der Waals surface area contributed by atoms with Crippen LogP contribution in [-0.4, -0.2) is 62.9 Å². The maximum atomic E-state index is 12.6. The van der Waals surface area contributed by atoms with Crippen LogP contribution in [0.3, 0.4) is 0 Å². The zero-order valence-electron chi connectivity index (χ0n) is 19.8. The summed E-state index contributed by atoms with van der Waals surface area (Å²) >= 11 is 0. The molecule has 1 aliphatic rings. The summed E-state index contributed by atoms with van der Waals surface area (Å²) in [6.45, 7) is 1.52. The molecule has 192 valence electrons. The van der Waals surface area contributed by atoms with Crippen molar-refractivity contribution in [1.82, 2.24) is 0 Å². The van der Waals surface area contributed by atoms with E-state index in [2.05, 4.69) is 0 Å². The zero-order valence-corrected chi connectivity index (χ0v) is 19.8. The molecule has 9 nitrogen and oxygen atoms in total. The zero-order chi connectivity index (χ0) is 26.5. The minimum absolute atomic E-state index is 0.0194. The number of ketones is 1. The maximum Gasteiger partial charge on any atom is 0.343 e. The fourth-order valence-electron chi connectivity index (χ4n) is 3.69. The second-order valence-corrected chi connectivity index (χ2v) is 8.50. The summed E-state index contributed by atoms with van der Waals surface area (Å²) in [5, 5.41) is 40.1. The van der Waals surface area contributed by atoms with Crippen molar-refractivity contribution in [3.8, 4) is 17.2 Å². The maximum absolute atomic E-state index is 12.6. The first-order valence-corrected chi connectivity index (χ1v) is 11.5. The average molecular weight is 507 g/mol. The number of hydrogen-bond acceptors (Lipinski definition) is 9. The molecule has 0 saturated carbocycles. The van der Waals surface area contributed by atoms with Crippen molar-refractivity contribution in [2.75, 3.05) is 0 Å². The van der Waals surface area contributed by atoms with Gasteiger partial charge >= 0.3 is 5.97 Å². The number of aliphatic hydroxyl groups excluding tert-OH is 3. The van der Waals surface area contributed by atoms with Crippen LogP contribution in [-0.2, 0) is 4.74 Å². The number of benzene rings is 3. The van der Waals surface area contributed by atoms with Crippen molar-refractivity contribution in [2.45, 2.75) is 37.6 Å². The van der Waals surface area contributed by atoms with Gasteiger partial charge in [-0.25, -0.2) is 4.79 Å².